The highest BCUT2D eigenvalue weighted by molar-refractivity contribution is 5.92. The topological polar surface area (TPSA) is 90.3 Å². The number of nitrogens with zero attached hydrogens (tertiary/aromatic N) is 2. The molecule has 7 nitrogen and oxygen atoms in total. The molecule has 7 heteroatoms. The van der Waals surface area contributed by atoms with Crippen LogP contribution >= 0.6 is 0 Å². The first-order chi connectivity index (χ1) is 17.9. The summed E-state index contributed by atoms with van der Waals surface area (Å²) in [4.78, 5) is 44.6. The lowest BCUT2D eigenvalue weighted by atomic mass is 9.79. The van der Waals surface area contributed by atoms with Crippen molar-refractivity contribution in [3.63, 3.8) is 0 Å². The van der Waals surface area contributed by atoms with Gasteiger partial charge >= 0.3 is 5.97 Å². The van der Waals surface area contributed by atoms with Gasteiger partial charge in [0, 0.05) is 37.1 Å². The monoisotopic (exact) mass is 499 g/mol. The minimum Gasteiger partial charge on any atom is -0.461 e. The Balaban J connectivity index is 1.34. The van der Waals surface area contributed by atoms with E-state index in [9.17, 15) is 14.4 Å². The van der Waals surface area contributed by atoms with Crippen molar-refractivity contribution in [2.24, 2.45) is 11.8 Å². The number of hydrogen-bond donors (Lipinski definition) is 1. The molecule has 1 aliphatic heterocycles. The lowest BCUT2D eigenvalue weighted by Gasteiger charge is -2.33. The maximum atomic E-state index is 13.7. The van der Waals surface area contributed by atoms with Crippen molar-refractivity contribution in [1.29, 1.82) is 0 Å². The largest absolute Gasteiger partial charge is 0.461 e. The Morgan fingerprint density at radius 3 is 2.62 bits per heavy atom. The average molecular weight is 500 g/mol. The molecule has 192 valence electrons. The number of Topliss-reactive ketones (excluding diaryl/α,β-unsaturated/α-hetero) is 1. The Morgan fingerprint density at radius 1 is 1.11 bits per heavy atom. The second kappa shape index (κ2) is 10.7. The van der Waals surface area contributed by atoms with Gasteiger partial charge in [-0.2, -0.15) is 0 Å². The van der Waals surface area contributed by atoms with Gasteiger partial charge < -0.3 is 14.6 Å². The minimum atomic E-state index is -0.563. The molecule has 0 fully saturated rings. The fourth-order valence-electron chi connectivity index (χ4n) is 5.77. The molecule has 2 aliphatic rings. The third kappa shape index (κ3) is 5.22. The molecule has 1 amide bonds. The van der Waals surface area contributed by atoms with Gasteiger partial charge in [0.05, 0.1) is 23.4 Å². The van der Waals surface area contributed by atoms with Crippen molar-refractivity contribution >= 4 is 17.7 Å². The summed E-state index contributed by atoms with van der Waals surface area (Å²) in [6.07, 6.45) is 5.21. The fourth-order valence-corrected chi connectivity index (χ4v) is 5.77. The molecule has 37 heavy (non-hydrogen) atoms. The number of ether oxygens (including phenoxy) is 1. The van der Waals surface area contributed by atoms with Crippen molar-refractivity contribution in [2.45, 2.75) is 64.1 Å². The van der Waals surface area contributed by atoms with Gasteiger partial charge in [0.25, 0.3) is 0 Å². The van der Waals surface area contributed by atoms with Crippen LogP contribution in [0.3, 0.4) is 0 Å². The molecule has 2 aromatic heterocycles. The Bertz CT molecular complexity index is 1270. The Morgan fingerprint density at radius 2 is 1.89 bits per heavy atom. The van der Waals surface area contributed by atoms with E-state index in [1.54, 1.807) is 6.20 Å². The zero-order chi connectivity index (χ0) is 25.9. The maximum Gasteiger partial charge on any atom is 0.311 e. The SMILES string of the molecule is CC(C)[C@@H](C(=O)N[C@H]1CCc2ccn3c2C1C(=O)C[C@H](C(=O)OCc1ccccc1)C3)c1ccccn1. The summed E-state index contributed by atoms with van der Waals surface area (Å²) in [5.41, 5.74) is 3.68. The fraction of sp³-hybridized carbons (Fsp3) is 0.400. The van der Waals surface area contributed by atoms with E-state index < -0.39 is 17.8 Å². The zero-order valence-corrected chi connectivity index (χ0v) is 21.3. The summed E-state index contributed by atoms with van der Waals surface area (Å²) in [6.45, 7) is 4.59. The van der Waals surface area contributed by atoms with Crippen LogP contribution in [-0.2, 0) is 38.7 Å². The van der Waals surface area contributed by atoms with E-state index in [1.165, 1.54) is 0 Å². The van der Waals surface area contributed by atoms with Crippen molar-refractivity contribution < 1.29 is 19.1 Å². The van der Waals surface area contributed by atoms with E-state index in [-0.39, 0.29) is 42.6 Å². The minimum absolute atomic E-state index is 0.0238. The molecule has 1 N–H and O–H groups in total. The zero-order valence-electron chi connectivity index (χ0n) is 21.3. The quantitative estimate of drug-likeness (QED) is 0.493. The van der Waals surface area contributed by atoms with Gasteiger partial charge in [0.1, 0.15) is 12.4 Å². The van der Waals surface area contributed by atoms with Crippen molar-refractivity contribution in [3.05, 3.63) is 89.5 Å². The summed E-state index contributed by atoms with van der Waals surface area (Å²) in [7, 11) is 0. The number of esters is 1. The van der Waals surface area contributed by atoms with Crippen LogP contribution in [0.5, 0.6) is 0 Å². The van der Waals surface area contributed by atoms with Crippen LogP contribution in [-0.4, -0.2) is 33.3 Å². The van der Waals surface area contributed by atoms with Crippen LogP contribution in [0.2, 0.25) is 0 Å². The molecule has 0 bridgehead atoms. The number of amides is 1. The third-order valence-corrected chi connectivity index (χ3v) is 7.57. The smallest absolute Gasteiger partial charge is 0.311 e. The summed E-state index contributed by atoms with van der Waals surface area (Å²) in [6, 6.07) is 16.8. The Hall–Kier alpha value is -3.74. The lowest BCUT2D eigenvalue weighted by Crippen LogP contribution is -2.47. The summed E-state index contributed by atoms with van der Waals surface area (Å²) in [5.74, 6) is -1.91. The number of ketones is 1. The van der Waals surface area contributed by atoms with E-state index >= 15 is 0 Å². The van der Waals surface area contributed by atoms with Crippen LogP contribution in [0.15, 0.2) is 67.0 Å². The van der Waals surface area contributed by atoms with Crippen molar-refractivity contribution in [2.75, 3.05) is 0 Å². The number of carbonyl (C=O) groups is 3. The third-order valence-electron chi connectivity index (χ3n) is 7.57. The highest BCUT2D eigenvalue weighted by Crippen LogP contribution is 2.38. The van der Waals surface area contributed by atoms with Crippen LogP contribution in [0.25, 0.3) is 0 Å². The normalized spacial score (nSPS) is 21.6. The predicted octanol–water partition coefficient (Wildman–Crippen LogP) is 4.17. The average Bonchev–Trinajstić information content (AvgIpc) is 3.23. The molecule has 1 unspecified atom stereocenters. The number of rotatable bonds is 7. The molecule has 0 spiro atoms. The van der Waals surface area contributed by atoms with Gasteiger partial charge in [0.2, 0.25) is 5.91 Å². The van der Waals surface area contributed by atoms with Gasteiger partial charge in [-0.3, -0.25) is 19.4 Å². The number of carbonyl (C=O) groups excluding carboxylic acids is 3. The lowest BCUT2D eigenvalue weighted by molar-refractivity contribution is -0.152. The molecule has 1 aromatic carbocycles. The first-order valence-electron chi connectivity index (χ1n) is 13.0. The molecule has 1 aliphatic carbocycles. The summed E-state index contributed by atoms with van der Waals surface area (Å²) in [5, 5.41) is 3.21. The number of nitrogens with one attached hydrogen (secondary N) is 1. The Kier molecular flexibility index (Phi) is 7.22. The molecule has 3 heterocycles. The molecular weight excluding hydrogens is 466 g/mol. The highest BCUT2D eigenvalue weighted by atomic mass is 16.5. The van der Waals surface area contributed by atoms with E-state index in [1.807, 2.05) is 79.2 Å². The molecule has 0 radical (unpaired) electrons. The van der Waals surface area contributed by atoms with Gasteiger partial charge in [-0.05, 0) is 48.1 Å². The molecule has 3 aromatic rings. The van der Waals surface area contributed by atoms with E-state index in [0.717, 1.165) is 28.9 Å². The maximum absolute atomic E-state index is 13.7. The van der Waals surface area contributed by atoms with E-state index in [2.05, 4.69) is 10.3 Å². The Labute approximate surface area is 217 Å². The van der Waals surface area contributed by atoms with E-state index in [0.29, 0.717) is 13.0 Å². The second-order valence-corrected chi connectivity index (χ2v) is 10.4. The predicted molar refractivity (Wildman–Crippen MR) is 139 cm³/mol. The van der Waals surface area contributed by atoms with Crippen molar-refractivity contribution in [1.82, 2.24) is 14.9 Å². The number of aromatic nitrogens is 2. The first kappa shape index (κ1) is 24.9. The molecule has 4 atom stereocenters. The number of hydrogen-bond acceptors (Lipinski definition) is 5. The number of aryl methyl sites for hydroxylation is 1. The van der Waals surface area contributed by atoms with Gasteiger partial charge in [-0.1, -0.05) is 50.2 Å². The number of pyridine rings is 1. The molecule has 5 rings (SSSR count). The number of benzene rings is 1. The molecule has 0 saturated carbocycles. The first-order valence-corrected chi connectivity index (χ1v) is 13.0. The van der Waals surface area contributed by atoms with Crippen LogP contribution < -0.4 is 5.32 Å². The summed E-state index contributed by atoms with van der Waals surface area (Å²) < 4.78 is 7.62. The van der Waals surface area contributed by atoms with Crippen LogP contribution in [0.1, 0.15) is 61.0 Å². The van der Waals surface area contributed by atoms with E-state index in [4.69, 9.17) is 4.74 Å². The molecular formula is C30H33N3O4. The highest BCUT2D eigenvalue weighted by Gasteiger charge is 2.43. The van der Waals surface area contributed by atoms with Crippen molar-refractivity contribution in [3.8, 4) is 0 Å². The van der Waals surface area contributed by atoms with Gasteiger partial charge in [-0.15, -0.1) is 0 Å². The van der Waals surface area contributed by atoms with Crippen LogP contribution in [0, 0.1) is 11.8 Å². The molecule has 0 saturated heterocycles. The van der Waals surface area contributed by atoms with Gasteiger partial charge in [-0.25, -0.2) is 0 Å². The second-order valence-electron chi connectivity index (χ2n) is 10.4. The summed E-state index contributed by atoms with van der Waals surface area (Å²) >= 11 is 0. The van der Waals surface area contributed by atoms with Crippen LogP contribution in [0.4, 0.5) is 0 Å². The van der Waals surface area contributed by atoms with Gasteiger partial charge in [0.15, 0.2) is 0 Å². The standard InChI is InChI=1S/C30H33N3O4/c1-19(2)26(23-10-6-7-14-31-23)29(35)32-24-12-11-21-13-15-33-17-22(16-25(34)27(24)28(21)33)30(36)37-18-20-8-4-3-5-9-20/h3-10,13-15,19,22,24,26-27H,11-12,16-18H2,1-2H3,(H,32,35)/t22-,24-,26+,27?/m0/s1.